The van der Waals surface area contributed by atoms with Crippen molar-refractivity contribution >= 4 is 36.1 Å². The summed E-state index contributed by atoms with van der Waals surface area (Å²) in [5.41, 5.74) is 4.36. The van der Waals surface area contributed by atoms with Gasteiger partial charge in [-0.05, 0) is 66.8 Å². The predicted octanol–water partition coefficient (Wildman–Crippen LogP) is 10.5. The van der Waals surface area contributed by atoms with E-state index in [1.807, 2.05) is 85.0 Å². The van der Waals surface area contributed by atoms with E-state index in [1.165, 1.54) is 6.08 Å². The van der Waals surface area contributed by atoms with Gasteiger partial charge >= 0.3 is 0 Å². The molecule has 0 amide bonds. The molecule has 59 heavy (non-hydrogen) atoms. The Balaban J connectivity index is 0.00000127. The zero-order valence-electron chi connectivity index (χ0n) is 34.9. The van der Waals surface area contributed by atoms with Crippen LogP contribution < -0.4 is 14.2 Å². The van der Waals surface area contributed by atoms with E-state index < -0.39 is 0 Å². The second-order valence-corrected chi connectivity index (χ2v) is 12.1. The van der Waals surface area contributed by atoms with Gasteiger partial charge in [0.15, 0.2) is 0 Å². The number of aliphatic imine (C=N–C) groups is 1. The first-order valence-electron chi connectivity index (χ1n) is 19.3. The smallest absolute Gasteiger partial charge is 0.290 e. The summed E-state index contributed by atoms with van der Waals surface area (Å²) in [6, 6.07) is 31.7. The van der Waals surface area contributed by atoms with Crippen LogP contribution in [0.15, 0.2) is 89.9 Å². The van der Waals surface area contributed by atoms with Gasteiger partial charge in [0, 0.05) is 97.6 Å². The second kappa shape index (κ2) is 38.9. The summed E-state index contributed by atoms with van der Waals surface area (Å²) in [6.45, 7) is 14.9. The van der Waals surface area contributed by atoms with Crippen LogP contribution in [0.4, 0.5) is 5.69 Å². The number of hydrogen-bond acceptors (Lipinski definition) is 10. The minimum atomic E-state index is 0. The van der Waals surface area contributed by atoms with Crippen LogP contribution in [0.3, 0.4) is 0 Å². The molecular weight excluding hydrogens is 898 g/mol. The molecule has 310 valence electrons. The maximum atomic E-state index is 10.3. The van der Waals surface area contributed by atoms with E-state index in [2.05, 4.69) is 44.8 Å². The minimum Gasteiger partial charge on any atom is -0.458 e. The average molecular weight is 955 g/mol. The molecular formula is C47H56N2O8Y2-2. The second-order valence-electron chi connectivity index (χ2n) is 12.1. The molecule has 0 spiro atoms. The quantitative estimate of drug-likeness (QED) is 0.0129. The van der Waals surface area contributed by atoms with Crippen molar-refractivity contribution in [3.63, 3.8) is 0 Å². The molecule has 0 aliphatic rings. The van der Waals surface area contributed by atoms with E-state index in [-0.39, 0.29) is 72.2 Å². The van der Waals surface area contributed by atoms with Crippen molar-refractivity contribution in [3.05, 3.63) is 119 Å². The Morgan fingerprint density at radius 3 is 1.27 bits per heavy atom. The van der Waals surface area contributed by atoms with Gasteiger partial charge in [-0.1, -0.05) is 64.1 Å². The number of ether oxygens (including phenoxy) is 7. The molecule has 0 atom stereocenters. The summed E-state index contributed by atoms with van der Waals surface area (Å²) in [7, 11) is 0. The molecule has 0 N–H and O–H groups in total. The molecule has 0 bridgehead atoms. The number of nitriles is 1. The zero-order valence-corrected chi connectivity index (χ0v) is 40.6. The normalized spacial score (nSPS) is 10.1. The van der Waals surface area contributed by atoms with E-state index >= 15 is 0 Å². The number of rotatable bonds is 24. The van der Waals surface area contributed by atoms with Gasteiger partial charge in [0.1, 0.15) is 11.5 Å². The molecule has 0 aliphatic carbocycles. The van der Waals surface area contributed by atoms with Crippen LogP contribution in [-0.2, 0) is 89.2 Å². The van der Waals surface area contributed by atoms with Gasteiger partial charge in [0.05, 0.1) is 26.4 Å². The Hall–Kier alpha value is -3.32. The van der Waals surface area contributed by atoms with Gasteiger partial charge < -0.3 is 33.2 Å². The molecule has 12 heteroatoms. The molecule has 4 aromatic carbocycles. The van der Waals surface area contributed by atoms with Crippen LogP contribution in [0.1, 0.15) is 75.6 Å². The van der Waals surface area contributed by atoms with Crippen LogP contribution in [0, 0.1) is 23.6 Å². The van der Waals surface area contributed by atoms with Crippen molar-refractivity contribution in [1.29, 1.82) is 5.26 Å². The van der Waals surface area contributed by atoms with E-state index in [0.717, 1.165) is 101 Å². The van der Waals surface area contributed by atoms with Crippen molar-refractivity contribution in [1.82, 2.24) is 0 Å². The first-order valence-corrected chi connectivity index (χ1v) is 19.3. The Morgan fingerprint density at radius 2 is 0.932 bits per heavy atom. The third kappa shape index (κ3) is 28.7. The van der Waals surface area contributed by atoms with E-state index in [0.29, 0.717) is 22.9 Å². The van der Waals surface area contributed by atoms with Crippen molar-refractivity contribution in [3.8, 4) is 23.5 Å². The first-order chi connectivity index (χ1) is 28.0. The third-order valence-corrected chi connectivity index (χ3v) is 7.24. The molecule has 0 unspecified atom stereocenters. The number of carbonyl (C=O) groups excluding carboxylic acids is 1. The standard InChI is InChI=1S/C31H20N2O4.2C8H18O2.2Y/c32-21-35-29-15-7-25(8-16-29)3-4-27-11-19-31(20-12-27)37-23-36-30-17-9-26(10-18-30)2-1-24-5-13-28(14-6-24)33-22-34;2*1-3-5-9-7-8-10-6-4-2;;/h1-13,15,17-20H,23H2;2*3-8H2,1-2H3;;/q-2;;;;/b2-1+,4-3+;;;;. The Morgan fingerprint density at radius 1 is 0.542 bits per heavy atom. The monoisotopic (exact) mass is 954 g/mol. The molecule has 4 rings (SSSR count). The van der Waals surface area contributed by atoms with Gasteiger partial charge in [0.2, 0.25) is 12.9 Å². The molecule has 0 heterocycles. The van der Waals surface area contributed by atoms with Crippen LogP contribution >= 0.6 is 0 Å². The number of isocyanates is 1. The maximum absolute atomic E-state index is 10.3. The van der Waals surface area contributed by atoms with Crippen molar-refractivity contribution in [2.45, 2.75) is 53.4 Å². The molecule has 0 saturated carbocycles. The summed E-state index contributed by atoms with van der Waals surface area (Å²) in [6.07, 6.45) is 15.3. The van der Waals surface area contributed by atoms with E-state index in [4.69, 9.17) is 38.4 Å². The zero-order chi connectivity index (χ0) is 41.0. The first kappa shape index (κ1) is 55.7. The Labute approximate surface area is 402 Å². The summed E-state index contributed by atoms with van der Waals surface area (Å²) < 4.78 is 36.9. The van der Waals surface area contributed by atoms with Gasteiger partial charge in [0.25, 0.3) is 6.26 Å². The number of benzene rings is 4. The topological polar surface area (TPSA) is 118 Å². The van der Waals surface area contributed by atoms with Crippen molar-refractivity contribution < 1.29 is 103 Å². The van der Waals surface area contributed by atoms with E-state index in [1.54, 1.807) is 30.5 Å². The third-order valence-electron chi connectivity index (χ3n) is 7.24. The SMILES string of the molecule is CCCOCCOCCC.CCCOCCOCCC.N#COc1[c-]cc(/C=C/c2ccc(OCOc3ccc(/C=C/c4c[c-]c(N=C=O)cc4)cc3)cc2)cc1.[Y].[Y]. The molecule has 0 aliphatic heterocycles. The van der Waals surface area contributed by atoms with Gasteiger partial charge in [-0.2, -0.15) is 35.3 Å². The van der Waals surface area contributed by atoms with Crippen LogP contribution in [0.5, 0.6) is 17.2 Å². The summed E-state index contributed by atoms with van der Waals surface area (Å²) >= 11 is 0. The average Bonchev–Trinajstić information content (AvgIpc) is 3.24. The van der Waals surface area contributed by atoms with E-state index in [9.17, 15) is 4.79 Å². The van der Waals surface area contributed by atoms with Crippen LogP contribution in [0.2, 0.25) is 0 Å². The van der Waals surface area contributed by atoms with Gasteiger partial charge in [-0.15, -0.1) is 46.7 Å². The maximum Gasteiger partial charge on any atom is 0.290 e. The number of hydrogen-bond donors (Lipinski definition) is 0. The Kier molecular flexibility index (Phi) is 36.7. The molecule has 0 saturated heterocycles. The fourth-order valence-corrected chi connectivity index (χ4v) is 4.41. The molecule has 2 radical (unpaired) electrons. The summed E-state index contributed by atoms with van der Waals surface area (Å²) in [5.74, 6) is 1.79. The fraction of sp³-hybridized carbons (Fsp3) is 0.362. The van der Waals surface area contributed by atoms with Gasteiger partial charge in [-0.25, -0.2) is 4.79 Å². The summed E-state index contributed by atoms with van der Waals surface area (Å²) in [4.78, 5) is 13.8. The molecule has 0 fully saturated rings. The summed E-state index contributed by atoms with van der Waals surface area (Å²) in [5, 5.41) is 8.52. The van der Waals surface area contributed by atoms with Gasteiger partial charge in [-0.3, -0.25) is 0 Å². The van der Waals surface area contributed by atoms with Crippen molar-refractivity contribution in [2.24, 2.45) is 4.99 Å². The fourth-order valence-electron chi connectivity index (χ4n) is 4.41. The predicted molar refractivity (Wildman–Crippen MR) is 226 cm³/mol. The van der Waals surface area contributed by atoms with Crippen LogP contribution in [0.25, 0.3) is 24.3 Å². The molecule has 4 aromatic rings. The number of nitrogens with zero attached hydrogens (tertiary/aromatic N) is 2. The van der Waals surface area contributed by atoms with Crippen LogP contribution in [-0.4, -0.2) is 65.7 Å². The molecule has 10 nitrogen and oxygen atoms in total. The molecule has 0 aromatic heterocycles. The Bertz CT molecular complexity index is 1710. The van der Waals surface area contributed by atoms with Crippen molar-refractivity contribution in [2.75, 3.05) is 59.6 Å². The minimum absolute atomic E-state index is 0. The largest absolute Gasteiger partial charge is 0.458 e.